The zero-order chi connectivity index (χ0) is 18.8. The molecule has 1 aromatic rings. The summed E-state index contributed by atoms with van der Waals surface area (Å²) >= 11 is 0. The molecule has 4 nitrogen and oxygen atoms in total. The van der Waals surface area contributed by atoms with E-state index in [1.807, 2.05) is 0 Å². The molecule has 1 aliphatic carbocycles. The van der Waals surface area contributed by atoms with Crippen LogP contribution in [0.3, 0.4) is 0 Å². The Balaban J connectivity index is 1.60. The SMILES string of the molecule is COc1ccc(CN2CCN3CCC[C@H]3[C@@H]2C2CCCCC2)c(OC)c1C. The maximum absolute atomic E-state index is 5.81. The van der Waals surface area contributed by atoms with Gasteiger partial charge in [-0.05, 0) is 51.1 Å². The van der Waals surface area contributed by atoms with Gasteiger partial charge in [0, 0.05) is 42.8 Å². The zero-order valence-corrected chi connectivity index (χ0v) is 17.4. The molecule has 3 aliphatic rings. The Morgan fingerprint density at radius 1 is 0.926 bits per heavy atom. The lowest BCUT2D eigenvalue weighted by atomic mass is 9.78. The summed E-state index contributed by atoms with van der Waals surface area (Å²) < 4.78 is 11.3. The Labute approximate surface area is 164 Å². The predicted octanol–water partition coefficient (Wildman–Crippen LogP) is 4.24. The molecule has 0 unspecified atom stereocenters. The number of fused-ring (bicyclic) bond motifs is 1. The zero-order valence-electron chi connectivity index (χ0n) is 17.4. The topological polar surface area (TPSA) is 24.9 Å². The maximum atomic E-state index is 5.81. The molecule has 150 valence electrons. The largest absolute Gasteiger partial charge is 0.496 e. The predicted molar refractivity (Wildman–Crippen MR) is 110 cm³/mol. The lowest BCUT2D eigenvalue weighted by Crippen LogP contribution is -2.59. The van der Waals surface area contributed by atoms with Gasteiger partial charge in [0.15, 0.2) is 0 Å². The lowest BCUT2D eigenvalue weighted by Gasteiger charge is -2.49. The number of nitrogens with zero attached hydrogens (tertiary/aromatic N) is 2. The van der Waals surface area contributed by atoms with E-state index < -0.39 is 0 Å². The van der Waals surface area contributed by atoms with Crippen LogP contribution in [0.5, 0.6) is 11.5 Å². The monoisotopic (exact) mass is 372 g/mol. The van der Waals surface area contributed by atoms with Crippen LogP contribution in [0.25, 0.3) is 0 Å². The van der Waals surface area contributed by atoms with Crippen molar-refractivity contribution >= 4 is 0 Å². The molecular weight excluding hydrogens is 336 g/mol. The highest BCUT2D eigenvalue weighted by Gasteiger charge is 2.43. The van der Waals surface area contributed by atoms with E-state index in [2.05, 4.69) is 28.9 Å². The van der Waals surface area contributed by atoms with Gasteiger partial charge in [-0.2, -0.15) is 0 Å². The van der Waals surface area contributed by atoms with Gasteiger partial charge in [0.05, 0.1) is 14.2 Å². The summed E-state index contributed by atoms with van der Waals surface area (Å²) in [5, 5.41) is 0. The Morgan fingerprint density at radius 2 is 1.74 bits per heavy atom. The van der Waals surface area contributed by atoms with Crippen LogP contribution in [0.4, 0.5) is 0 Å². The first-order valence-corrected chi connectivity index (χ1v) is 10.9. The first kappa shape index (κ1) is 19.1. The van der Waals surface area contributed by atoms with Crippen LogP contribution in [0.2, 0.25) is 0 Å². The molecule has 1 aromatic carbocycles. The second kappa shape index (κ2) is 8.40. The van der Waals surface area contributed by atoms with Crippen molar-refractivity contribution in [2.75, 3.05) is 33.9 Å². The van der Waals surface area contributed by atoms with Crippen LogP contribution < -0.4 is 9.47 Å². The van der Waals surface area contributed by atoms with Crippen molar-refractivity contribution in [3.8, 4) is 11.5 Å². The maximum Gasteiger partial charge on any atom is 0.129 e. The number of rotatable bonds is 5. The third-order valence-corrected chi connectivity index (χ3v) is 7.27. The van der Waals surface area contributed by atoms with E-state index in [9.17, 15) is 0 Å². The van der Waals surface area contributed by atoms with Crippen molar-refractivity contribution in [1.82, 2.24) is 9.80 Å². The smallest absolute Gasteiger partial charge is 0.129 e. The molecule has 0 spiro atoms. The molecule has 0 radical (unpaired) electrons. The summed E-state index contributed by atoms with van der Waals surface area (Å²) in [6.07, 6.45) is 9.89. The molecule has 0 aromatic heterocycles. The molecule has 4 heteroatoms. The summed E-state index contributed by atoms with van der Waals surface area (Å²) in [5.41, 5.74) is 2.43. The van der Waals surface area contributed by atoms with E-state index in [4.69, 9.17) is 9.47 Å². The first-order valence-electron chi connectivity index (χ1n) is 10.9. The van der Waals surface area contributed by atoms with Crippen molar-refractivity contribution in [3.05, 3.63) is 23.3 Å². The highest BCUT2D eigenvalue weighted by Crippen LogP contribution is 2.39. The molecule has 2 atom stereocenters. The van der Waals surface area contributed by atoms with Crippen molar-refractivity contribution < 1.29 is 9.47 Å². The minimum absolute atomic E-state index is 0.716. The Hall–Kier alpha value is -1.26. The van der Waals surface area contributed by atoms with Crippen molar-refractivity contribution in [3.63, 3.8) is 0 Å². The van der Waals surface area contributed by atoms with E-state index in [1.165, 1.54) is 70.1 Å². The van der Waals surface area contributed by atoms with Crippen LogP contribution in [0.15, 0.2) is 12.1 Å². The fraction of sp³-hybridized carbons (Fsp3) is 0.739. The molecule has 0 N–H and O–H groups in total. The van der Waals surface area contributed by atoms with Gasteiger partial charge in [-0.25, -0.2) is 0 Å². The summed E-state index contributed by atoms with van der Waals surface area (Å²) in [4.78, 5) is 5.58. The highest BCUT2D eigenvalue weighted by molar-refractivity contribution is 5.49. The second-order valence-electron chi connectivity index (χ2n) is 8.69. The van der Waals surface area contributed by atoms with E-state index in [1.54, 1.807) is 14.2 Å². The second-order valence-corrected chi connectivity index (χ2v) is 8.69. The Morgan fingerprint density at radius 3 is 2.48 bits per heavy atom. The van der Waals surface area contributed by atoms with Gasteiger partial charge < -0.3 is 9.47 Å². The number of ether oxygens (including phenoxy) is 2. The van der Waals surface area contributed by atoms with Crippen LogP contribution >= 0.6 is 0 Å². The minimum Gasteiger partial charge on any atom is -0.496 e. The lowest BCUT2D eigenvalue weighted by molar-refractivity contribution is -0.00414. The molecule has 2 saturated heterocycles. The van der Waals surface area contributed by atoms with Crippen molar-refractivity contribution in [1.29, 1.82) is 0 Å². The summed E-state index contributed by atoms with van der Waals surface area (Å²) in [5.74, 6) is 2.79. The van der Waals surface area contributed by atoms with Gasteiger partial charge in [0.2, 0.25) is 0 Å². The van der Waals surface area contributed by atoms with E-state index in [-0.39, 0.29) is 0 Å². The third kappa shape index (κ3) is 3.71. The first-order chi connectivity index (χ1) is 13.2. The highest BCUT2D eigenvalue weighted by atomic mass is 16.5. The number of hydrogen-bond acceptors (Lipinski definition) is 4. The summed E-state index contributed by atoms with van der Waals surface area (Å²) in [7, 11) is 3.53. The van der Waals surface area contributed by atoms with Gasteiger partial charge in [0.25, 0.3) is 0 Å². The molecule has 2 heterocycles. The van der Waals surface area contributed by atoms with E-state index in [0.29, 0.717) is 6.04 Å². The van der Waals surface area contributed by atoms with E-state index in [0.717, 1.165) is 35.6 Å². The molecule has 0 bridgehead atoms. The fourth-order valence-corrected chi connectivity index (χ4v) is 6.02. The molecule has 1 saturated carbocycles. The number of methoxy groups -OCH3 is 2. The van der Waals surface area contributed by atoms with Gasteiger partial charge in [-0.1, -0.05) is 25.3 Å². The van der Waals surface area contributed by atoms with Gasteiger partial charge in [0.1, 0.15) is 11.5 Å². The fourth-order valence-electron chi connectivity index (χ4n) is 6.02. The van der Waals surface area contributed by atoms with Crippen molar-refractivity contribution in [2.45, 2.75) is 70.5 Å². The average molecular weight is 373 g/mol. The van der Waals surface area contributed by atoms with Gasteiger partial charge >= 0.3 is 0 Å². The summed E-state index contributed by atoms with van der Waals surface area (Å²) in [6.45, 7) is 6.83. The van der Waals surface area contributed by atoms with Crippen LogP contribution in [-0.2, 0) is 6.54 Å². The standard InChI is InChI=1S/C23H36N2O2/c1-17-21(26-2)12-11-19(23(17)27-3)16-25-15-14-24-13-7-10-20(24)22(25)18-8-5-4-6-9-18/h11-12,18,20,22H,4-10,13-16H2,1-3H3/t20-,22-/m0/s1. The van der Waals surface area contributed by atoms with E-state index >= 15 is 0 Å². The number of hydrogen-bond donors (Lipinski definition) is 0. The van der Waals surface area contributed by atoms with Gasteiger partial charge in [-0.3, -0.25) is 9.80 Å². The molecule has 4 rings (SSSR count). The quantitative estimate of drug-likeness (QED) is 0.772. The Bertz CT molecular complexity index is 642. The molecule has 2 aliphatic heterocycles. The minimum atomic E-state index is 0.716. The number of benzene rings is 1. The van der Waals surface area contributed by atoms with Gasteiger partial charge in [-0.15, -0.1) is 0 Å². The molecule has 0 amide bonds. The average Bonchev–Trinajstić information content (AvgIpc) is 3.17. The molecule has 27 heavy (non-hydrogen) atoms. The molecular formula is C23H36N2O2. The summed E-state index contributed by atoms with van der Waals surface area (Å²) in [6, 6.07) is 5.80. The Kier molecular flexibility index (Phi) is 5.93. The van der Waals surface area contributed by atoms with Crippen LogP contribution in [0, 0.1) is 12.8 Å². The third-order valence-electron chi connectivity index (χ3n) is 7.27. The van der Waals surface area contributed by atoms with Crippen LogP contribution in [-0.4, -0.2) is 55.7 Å². The van der Waals surface area contributed by atoms with Crippen molar-refractivity contribution in [2.24, 2.45) is 5.92 Å². The normalized spacial score (nSPS) is 27.5. The molecule has 3 fully saturated rings. The number of piperazine rings is 1. The van der Waals surface area contributed by atoms with Crippen LogP contribution in [0.1, 0.15) is 56.1 Å².